The molecule has 8 nitrogen and oxygen atoms in total. The highest BCUT2D eigenvalue weighted by molar-refractivity contribution is 7.47. The molecule has 3 N–H and O–H groups in total. The molecule has 0 spiro atoms. The van der Waals surface area contributed by atoms with Gasteiger partial charge in [-0.25, -0.2) is 4.57 Å². The monoisotopic (exact) mass is 662 g/mol. The first-order valence-electron chi connectivity index (χ1n) is 18.7. The molecule has 9 heteroatoms. The van der Waals surface area contributed by atoms with Crippen molar-refractivity contribution in [3.63, 3.8) is 0 Å². The molecule has 0 aromatic heterocycles. The predicted molar refractivity (Wildman–Crippen MR) is 187 cm³/mol. The van der Waals surface area contributed by atoms with Gasteiger partial charge >= 0.3 is 13.8 Å². The van der Waals surface area contributed by atoms with Crippen molar-refractivity contribution in [1.82, 2.24) is 0 Å². The van der Waals surface area contributed by atoms with E-state index in [0.717, 1.165) is 32.1 Å². The summed E-state index contributed by atoms with van der Waals surface area (Å²) in [5, 5.41) is 0. The van der Waals surface area contributed by atoms with E-state index in [9.17, 15) is 14.3 Å². The van der Waals surface area contributed by atoms with Gasteiger partial charge in [-0.3, -0.25) is 13.8 Å². The SMILES string of the molecule is CCCCCCCCCCCCCCCC/C=C\OC[C@H](COP(=O)(O)OCCN)OC(=O)CCCCCCCCCCCC. The third-order valence-electron chi connectivity index (χ3n) is 8.03. The van der Waals surface area contributed by atoms with E-state index in [0.29, 0.717) is 6.42 Å². The van der Waals surface area contributed by atoms with Crippen molar-refractivity contribution in [2.75, 3.05) is 26.4 Å². The lowest BCUT2D eigenvalue weighted by molar-refractivity contribution is -0.153. The number of unbranched alkanes of at least 4 members (excludes halogenated alkanes) is 23. The van der Waals surface area contributed by atoms with Gasteiger partial charge in [-0.2, -0.15) is 0 Å². The first kappa shape index (κ1) is 44.1. The Morgan fingerprint density at radius 2 is 1.11 bits per heavy atom. The molecule has 0 aliphatic rings. The van der Waals surface area contributed by atoms with E-state index >= 15 is 0 Å². The Balaban J connectivity index is 4.10. The number of allylic oxidation sites excluding steroid dienone is 1. The number of phosphoric acid groups is 1. The van der Waals surface area contributed by atoms with Crippen LogP contribution in [0.25, 0.3) is 0 Å². The number of carbonyl (C=O) groups is 1. The summed E-state index contributed by atoms with van der Waals surface area (Å²) in [6, 6.07) is 0. The standard InChI is InChI=1S/C36H72NO7P/c1-3-5-7-9-11-13-15-16-17-18-19-20-22-24-26-28-31-41-33-35(34-43-45(39,40)42-32-30-37)44-36(38)29-27-25-23-21-14-12-10-8-6-4-2/h28,31,35H,3-27,29-30,32-34,37H2,1-2H3,(H,39,40)/b31-28-/t35-/m1/s1. The molecule has 0 radical (unpaired) electrons. The van der Waals surface area contributed by atoms with Gasteiger partial charge in [-0.1, -0.05) is 155 Å². The summed E-state index contributed by atoms with van der Waals surface area (Å²) in [4.78, 5) is 22.3. The van der Waals surface area contributed by atoms with Crippen LogP contribution < -0.4 is 5.73 Å². The van der Waals surface area contributed by atoms with Gasteiger partial charge in [0.2, 0.25) is 0 Å². The van der Waals surface area contributed by atoms with E-state index in [-0.39, 0.29) is 32.3 Å². The van der Waals surface area contributed by atoms with E-state index in [1.807, 2.05) is 6.08 Å². The van der Waals surface area contributed by atoms with E-state index in [1.165, 1.54) is 128 Å². The number of carbonyl (C=O) groups excluding carboxylic acids is 1. The summed E-state index contributed by atoms with van der Waals surface area (Å²) < 4.78 is 33.0. The molecular formula is C36H72NO7P. The summed E-state index contributed by atoms with van der Waals surface area (Å²) in [6.07, 6.45) is 34.6. The van der Waals surface area contributed by atoms with Crippen LogP contribution in [-0.2, 0) is 27.9 Å². The Bertz CT molecular complexity index is 707. The maximum Gasteiger partial charge on any atom is 0.472 e. The van der Waals surface area contributed by atoms with Gasteiger partial charge in [0.25, 0.3) is 0 Å². The van der Waals surface area contributed by atoms with Crippen molar-refractivity contribution < 1.29 is 32.8 Å². The van der Waals surface area contributed by atoms with Gasteiger partial charge in [-0.15, -0.1) is 0 Å². The third-order valence-corrected chi connectivity index (χ3v) is 9.01. The quantitative estimate of drug-likeness (QED) is 0.0295. The van der Waals surface area contributed by atoms with Crippen molar-refractivity contribution in [1.29, 1.82) is 0 Å². The van der Waals surface area contributed by atoms with Gasteiger partial charge in [-0.05, 0) is 25.3 Å². The lowest BCUT2D eigenvalue weighted by Crippen LogP contribution is -2.27. The van der Waals surface area contributed by atoms with Crippen LogP contribution in [0.15, 0.2) is 12.3 Å². The molecule has 2 atom stereocenters. The average molecular weight is 662 g/mol. The summed E-state index contributed by atoms with van der Waals surface area (Å²) in [6.45, 7) is 4.24. The minimum atomic E-state index is -4.28. The highest BCUT2D eigenvalue weighted by atomic mass is 31.2. The number of ether oxygens (including phenoxy) is 2. The molecule has 0 rings (SSSR count). The second-order valence-corrected chi connectivity index (χ2v) is 14.0. The largest absolute Gasteiger partial charge is 0.498 e. The zero-order chi connectivity index (χ0) is 33.1. The maximum absolute atomic E-state index is 12.4. The fraction of sp³-hybridized carbons (Fsp3) is 0.917. The lowest BCUT2D eigenvalue weighted by Gasteiger charge is -2.19. The van der Waals surface area contributed by atoms with E-state index < -0.39 is 13.9 Å². The van der Waals surface area contributed by atoms with E-state index in [2.05, 4.69) is 13.8 Å². The predicted octanol–water partition coefficient (Wildman–Crippen LogP) is 10.7. The van der Waals surface area contributed by atoms with Crippen molar-refractivity contribution in [2.24, 2.45) is 5.73 Å². The smallest absolute Gasteiger partial charge is 0.472 e. The minimum absolute atomic E-state index is 0.0376. The summed E-state index contributed by atoms with van der Waals surface area (Å²) >= 11 is 0. The molecule has 0 saturated carbocycles. The Morgan fingerprint density at radius 1 is 0.667 bits per heavy atom. The summed E-state index contributed by atoms with van der Waals surface area (Å²) in [5.41, 5.74) is 5.34. The van der Waals surface area contributed by atoms with Crippen LogP contribution in [0, 0.1) is 0 Å². The number of rotatable bonds is 36. The normalized spacial score (nSPS) is 13.7. The highest BCUT2D eigenvalue weighted by Gasteiger charge is 2.25. The van der Waals surface area contributed by atoms with Crippen LogP contribution in [0.4, 0.5) is 0 Å². The molecule has 0 aliphatic heterocycles. The number of esters is 1. The van der Waals surface area contributed by atoms with Crippen molar-refractivity contribution in [2.45, 2.75) is 187 Å². The maximum atomic E-state index is 12.4. The molecule has 0 amide bonds. The van der Waals surface area contributed by atoms with Gasteiger partial charge < -0.3 is 20.1 Å². The van der Waals surface area contributed by atoms with Crippen LogP contribution in [0.3, 0.4) is 0 Å². The Morgan fingerprint density at radius 3 is 1.58 bits per heavy atom. The first-order valence-corrected chi connectivity index (χ1v) is 20.2. The minimum Gasteiger partial charge on any atom is -0.498 e. The molecule has 0 heterocycles. The highest BCUT2D eigenvalue weighted by Crippen LogP contribution is 2.43. The first-order chi connectivity index (χ1) is 21.9. The van der Waals surface area contributed by atoms with Crippen LogP contribution in [0.1, 0.15) is 181 Å². The molecule has 0 saturated heterocycles. The Labute approximate surface area is 277 Å². The summed E-state index contributed by atoms with van der Waals surface area (Å²) in [5.74, 6) is -0.353. The second kappa shape index (κ2) is 34.4. The number of hydrogen-bond donors (Lipinski definition) is 2. The van der Waals surface area contributed by atoms with E-state index in [1.54, 1.807) is 6.26 Å². The number of phosphoric ester groups is 1. The third kappa shape index (κ3) is 34.2. The fourth-order valence-electron chi connectivity index (χ4n) is 5.26. The fourth-order valence-corrected chi connectivity index (χ4v) is 6.02. The molecule has 45 heavy (non-hydrogen) atoms. The zero-order valence-corrected chi connectivity index (χ0v) is 30.3. The molecular weight excluding hydrogens is 589 g/mol. The number of nitrogens with two attached hydrogens (primary N) is 1. The van der Waals surface area contributed by atoms with Crippen LogP contribution in [0.5, 0.6) is 0 Å². The molecule has 0 aliphatic carbocycles. The van der Waals surface area contributed by atoms with Gasteiger partial charge in [0, 0.05) is 13.0 Å². The van der Waals surface area contributed by atoms with Gasteiger partial charge in [0.1, 0.15) is 6.61 Å². The van der Waals surface area contributed by atoms with E-state index in [4.69, 9.17) is 24.3 Å². The summed E-state index contributed by atoms with van der Waals surface area (Å²) in [7, 11) is -4.28. The number of hydrogen-bond acceptors (Lipinski definition) is 7. The molecule has 0 fully saturated rings. The molecule has 0 aromatic rings. The molecule has 0 bridgehead atoms. The van der Waals surface area contributed by atoms with Crippen LogP contribution >= 0.6 is 7.82 Å². The van der Waals surface area contributed by atoms with Gasteiger partial charge in [0.15, 0.2) is 6.10 Å². The Kier molecular flexibility index (Phi) is 33.7. The molecule has 0 aromatic carbocycles. The second-order valence-electron chi connectivity index (χ2n) is 12.5. The topological polar surface area (TPSA) is 117 Å². The lowest BCUT2D eigenvalue weighted by atomic mass is 10.0. The molecule has 268 valence electrons. The van der Waals surface area contributed by atoms with Crippen LogP contribution in [0.2, 0.25) is 0 Å². The van der Waals surface area contributed by atoms with Crippen molar-refractivity contribution in [3.8, 4) is 0 Å². The van der Waals surface area contributed by atoms with Crippen molar-refractivity contribution >= 4 is 13.8 Å². The van der Waals surface area contributed by atoms with Crippen LogP contribution in [-0.4, -0.2) is 43.3 Å². The van der Waals surface area contributed by atoms with Crippen molar-refractivity contribution in [3.05, 3.63) is 12.3 Å². The zero-order valence-electron chi connectivity index (χ0n) is 29.4. The van der Waals surface area contributed by atoms with Gasteiger partial charge in [0.05, 0.1) is 19.5 Å². The Hall–Kier alpha value is -0.920. The molecule has 1 unspecified atom stereocenters. The average Bonchev–Trinajstić information content (AvgIpc) is 3.02.